The third-order valence-corrected chi connectivity index (χ3v) is 3.42. The molecule has 1 aromatic carbocycles. The lowest BCUT2D eigenvalue weighted by atomic mass is 9.91. The number of hydrogen-bond acceptors (Lipinski definition) is 4. The molecule has 1 aliphatic heterocycles. The summed E-state index contributed by atoms with van der Waals surface area (Å²) in [5, 5.41) is 25.1. The van der Waals surface area contributed by atoms with Crippen LogP contribution in [0, 0.1) is 17.2 Å². The van der Waals surface area contributed by atoms with Gasteiger partial charge in [-0.05, 0) is 29.9 Å². The maximum atomic E-state index is 9.84. The molecule has 100 valence electrons. The van der Waals surface area contributed by atoms with E-state index in [2.05, 4.69) is 16.7 Å². The van der Waals surface area contributed by atoms with E-state index in [4.69, 9.17) is 12.2 Å². The summed E-state index contributed by atoms with van der Waals surface area (Å²) in [6, 6.07) is 9.65. The molecule has 0 aliphatic carbocycles. The highest BCUT2D eigenvalue weighted by Gasteiger charge is 2.34. The number of hydrogen-bond donors (Lipinski definition) is 3. The van der Waals surface area contributed by atoms with Gasteiger partial charge in [0.05, 0.1) is 12.1 Å². The maximum Gasteiger partial charge on any atom is 0.168 e. The molecule has 1 aromatic rings. The van der Waals surface area contributed by atoms with Gasteiger partial charge in [-0.1, -0.05) is 12.1 Å². The van der Waals surface area contributed by atoms with Crippen LogP contribution >= 0.6 is 12.2 Å². The second-order valence-corrected chi connectivity index (χ2v) is 5.09. The van der Waals surface area contributed by atoms with Crippen molar-refractivity contribution in [3.8, 4) is 6.07 Å². The van der Waals surface area contributed by atoms with E-state index in [0.717, 1.165) is 11.3 Å². The van der Waals surface area contributed by atoms with Gasteiger partial charge in [0, 0.05) is 19.8 Å². The number of nitrogens with one attached hydrogen (secondary N) is 2. The van der Waals surface area contributed by atoms with Crippen LogP contribution in [0.5, 0.6) is 0 Å². The van der Waals surface area contributed by atoms with Crippen LogP contribution in [0.3, 0.4) is 0 Å². The molecule has 3 atom stereocenters. The number of nitrogens with zero attached hydrogens (tertiary/aromatic N) is 2. The number of aliphatic hydroxyl groups excluding tert-OH is 1. The Bertz CT molecular complexity index is 508. The fourth-order valence-electron chi connectivity index (χ4n) is 2.09. The molecule has 1 aliphatic rings. The Morgan fingerprint density at radius 1 is 1.26 bits per heavy atom. The minimum absolute atomic E-state index is 0.301. The molecule has 19 heavy (non-hydrogen) atoms. The van der Waals surface area contributed by atoms with Gasteiger partial charge in [-0.25, -0.2) is 0 Å². The van der Waals surface area contributed by atoms with Gasteiger partial charge in [-0.15, -0.1) is 0 Å². The van der Waals surface area contributed by atoms with Crippen molar-refractivity contribution < 1.29 is 5.11 Å². The quantitative estimate of drug-likeness (QED) is 0.692. The first-order chi connectivity index (χ1) is 9.02. The van der Waals surface area contributed by atoms with Crippen molar-refractivity contribution in [3.05, 3.63) is 29.8 Å². The standard InChI is InChI=1S/C13H16N4OS/c1-17(2)9-5-3-8(4-6-9)11-10(7-14)12(18)16-13(19)15-11/h3-6,10-12,18H,1-2H3,(H2,15,16,19). The molecule has 1 heterocycles. The Morgan fingerprint density at radius 2 is 1.89 bits per heavy atom. The summed E-state index contributed by atoms with van der Waals surface area (Å²) < 4.78 is 0. The third-order valence-electron chi connectivity index (χ3n) is 3.18. The van der Waals surface area contributed by atoms with Crippen molar-refractivity contribution in [1.82, 2.24) is 10.6 Å². The molecular formula is C13H16N4OS. The monoisotopic (exact) mass is 276 g/mol. The fraction of sp³-hybridized carbons (Fsp3) is 0.385. The average Bonchev–Trinajstić information content (AvgIpc) is 2.38. The molecule has 5 nitrogen and oxygen atoms in total. The second kappa shape index (κ2) is 5.43. The normalized spacial score (nSPS) is 26.0. The Labute approximate surface area is 117 Å². The smallest absolute Gasteiger partial charge is 0.168 e. The molecule has 0 spiro atoms. The second-order valence-electron chi connectivity index (χ2n) is 4.68. The van der Waals surface area contributed by atoms with Crippen LogP contribution in [0.25, 0.3) is 0 Å². The highest BCUT2D eigenvalue weighted by molar-refractivity contribution is 7.80. The Morgan fingerprint density at radius 3 is 2.42 bits per heavy atom. The van der Waals surface area contributed by atoms with Gasteiger partial charge in [0.25, 0.3) is 0 Å². The summed E-state index contributed by atoms with van der Waals surface area (Å²) in [5.41, 5.74) is 2.01. The van der Waals surface area contributed by atoms with E-state index in [-0.39, 0.29) is 6.04 Å². The first-order valence-electron chi connectivity index (χ1n) is 5.95. The largest absolute Gasteiger partial charge is 0.378 e. The number of rotatable bonds is 2. The first-order valence-corrected chi connectivity index (χ1v) is 6.35. The number of benzene rings is 1. The zero-order valence-electron chi connectivity index (χ0n) is 10.8. The van der Waals surface area contributed by atoms with Crippen molar-refractivity contribution in [3.63, 3.8) is 0 Å². The van der Waals surface area contributed by atoms with Crippen molar-refractivity contribution in [2.24, 2.45) is 5.92 Å². The zero-order chi connectivity index (χ0) is 14.0. The van der Waals surface area contributed by atoms with E-state index in [1.165, 1.54) is 0 Å². The summed E-state index contributed by atoms with van der Waals surface area (Å²) in [6.07, 6.45) is -0.947. The predicted molar refractivity (Wildman–Crippen MR) is 77.5 cm³/mol. The third kappa shape index (κ3) is 2.78. The van der Waals surface area contributed by atoms with Crippen molar-refractivity contribution in [2.45, 2.75) is 12.3 Å². The molecule has 1 saturated heterocycles. The maximum absolute atomic E-state index is 9.84. The van der Waals surface area contributed by atoms with Gasteiger partial charge in [-0.3, -0.25) is 0 Å². The van der Waals surface area contributed by atoms with E-state index in [1.807, 2.05) is 43.3 Å². The minimum atomic E-state index is -0.947. The lowest BCUT2D eigenvalue weighted by molar-refractivity contribution is 0.0896. The van der Waals surface area contributed by atoms with E-state index in [0.29, 0.717) is 5.11 Å². The van der Waals surface area contributed by atoms with Gasteiger partial charge in [0.2, 0.25) is 0 Å². The van der Waals surface area contributed by atoms with E-state index >= 15 is 0 Å². The Balaban J connectivity index is 2.28. The van der Waals surface area contributed by atoms with Crippen molar-refractivity contribution >= 4 is 23.0 Å². The molecule has 3 unspecified atom stereocenters. The molecule has 2 rings (SSSR count). The Kier molecular flexibility index (Phi) is 3.88. The predicted octanol–water partition coefficient (Wildman–Crippen LogP) is 0.730. The lowest BCUT2D eigenvalue weighted by Crippen LogP contribution is -2.55. The van der Waals surface area contributed by atoms with Crippen LogP contribution < -0.4 is 15.5 Å². The van der Waals surface area contributed by atoms with E-state index in [1.54, 1.807) is 0 Å². The molecule has 0 saturated carbocycles. The fourth-order valence-corrected chi connectivity index (χ4v) is 2.34. The lowest BCUT2D eigenvalue weighted by Gasteiger charge is -2.34. The van der Waals surface area contributed by atoms with Gasteiger partial charge < -0.3 is 20.6 Å². The van der Waals surface area contributed by atoms with Gasteiger partial charge in [0.15, 0.2) is 5.11 Å². The van der Waals surface area contributed by atoms with E-state index < -0.39 is 12.1 Å². The average molecular weight is 276 g/mol. The molecule has 1 fully saturated rings. The van der Waals surface area contributed by atoms with Gasteiger partial charge >= 0.3 is 0 Å². The molecular weight excluding hydrogens is 260 g/mol. The topological polar surface area (TPSA) is 71.3 Å². The molecule has 0 bridgehead atoms. The number of thiocarbonyl (C=S) groups is 1. The van der Waals surface area contributed by atoms with Crippen LogP contribution in [0.15, 0.2) is 24.3 Å². The highest BCUT2D eigenvalue weighted by atomic mass is 32.1. The summed E-state index contributed by atoms with van der Waals surface area (Å²) in [7, 11) is 3.93. The number of nitriles is 1. The van der Waals surface area contributed by atoms with E-state index in [9.17, 15) is 10.4 Å². The SMILES string of the molecule is CN(C)c1ccc(C2NC(=S)NC(O)C2C#N)cc1. The van der Waals surface area contributed by atoms with Crippen LogP contribution in [-0.2, 0) is 0 Å². The Hall–Kier alpha value is -1.84. The number of anilines is 1. The van der Waals surface area contributed by atoms with Crippen LogP contribution in [0.2, 0.25) is 0 Å². The summed E-state index contributed by atoms with van der Waals surface area (Å²) in [5.74, 6) is -0.586. The van der Waals surface area contributed by atoms with Crippen LogP contribution in [0.4, 0.5) is 5.69 Å². The summed E-state index contributed by atoms with van der Waals surface area (Å²) in [6.45, 7) is 0. The molecule has 3 N–H and O–H groups in total. The number of aliphatic hydroxyl groups is 1. The van der Waals surface area contributed by atoms with Gasteiger partial charge in [-0.2, -0.15) is 5.26 Å². The summed E-state index contributed by atoms with van der Waals surface area (Å²) in [4.78, 5) is 2.00. The molecule has 6 heteroatoms. The minimum Gasteiger partial charge on any atom is -0.378 e. The van der Waals surface area contributed by atoms with Crippen molar-refractivity contribution in [1.29, 1.82) is 5.26 Å². The highest BCUT2D eigenvalue weighted by Crippen LogP contribution is 2.27. The molecule has 0 radical (unpaired) electrons. The van der Waals surface area contributed by atoms with Crippen LogP contribution in [0.1, 0.15) is 11.6 Å². The molecule has 0 aromatic heterocycles. The summed E-state index contributed by atoms with van der Waals surface area (Å²) >= 11 is 5.03. The van der Waals surface area contributed by atoms with Crippen molar-refractivity contribution in [2.75, 3.05) is 19.0 Å². The van der Waals surface area contributed by atoms with Gasteiger partial charge in [0.1, 0.15) is 12.1 Å². The van der Waals surface area contributed by atoms with Crippen LogP contribution in [-0.4, -0.2) is 30.5 Å². The molecule has 0 amide bonds. The zero-order valence-corrected chi connectivity index (χ0v) is 11.6. The first kappa shape index (κ1) is 13.6.